The third-order valence-corrected chi connectivity index (χ3v) is 8.90. The highest BCUT2D eigenvalue weighted by Gasteiger charge is 2.21. The van der Waals surface area contributed by atoms with Crippen molar-refractivity contribution >= 4 is 32.4 Å². The Morgan fingerprint density at radius 2 is 2.05 bits per heavy atom. The molecule has 4 heterocycles. The van der Waals surface area contributed by atoms with Crippen molar-refractivity contribution < 1.29 is 13.9 Å². The second-order valence-corrected chi connectivity index (χ2v) is 12.3. The predicted molar refractivity (Wildman–Crippen MR) is 159 cm³/mol. The average molecular weight is 564 g/mol. The number of amides is 1. The van der Waals surface area contributed by atoms with E-state index in [4.69, 9.17) is 9.72 Å². The van der Waals surface area contributed by atoms with Gasteiger partial charge in [-0.05, 0) is 102 Å². The zero-order valence-electron chi connectivity index (χ0n) is 23.3. The normalized spacial score (nSPS) is 18.2. The van der Waals surface area contributed by atoms with E-state index >= 15 is 4.39 Å². The quantitative estimate of drug-likeness (QED) is 0.238. The maximum atomic E-state index is 15.2. The van der Waals surface area contributed by atoms with Crippen LogP contribution < -0.4 is 15.4 Å². The van der Waals surface area contributed by atoms with Crippen LogP contribution in [-0.4, -0.2) is 59.0 Å². The van der Waals surface area contributed by atoms with Crippen LogP contribution in [-0.2, 0) is 0 Å². The number of hydrogen-bond acceptors (Lipinski definition) is 6. The number of rotatable bonds is 9. The van der Waals surface area contributed by atoms with Crippen molar-refractivity contribution in [1.29, 1.82) is 0 Å². The number of piperidine rings is 1. The number of halogens is 1. The van der Waals surface area contributed by atoms with Gasteiger partial charge in [0.15, 0.2) is 4.96 Å². The fraction of sp³-hybridized carbons (Fsp3) is 0.484. The van der Waals surface area contributed by atoms with Crippen LogP contribution in [0.3, 0.4) is 0 Å². The molecular weight excluding hydrogens is 525 g/mol. The second-order valence-electron chi connectivity index (χ2n) is 11.3. The van der Waals surface area contributed by atoms with E-state index in [1.165, 1.54) is 43.7 Å². The summed E-state index contributed by atoms with van der Waals surface area (Å²) in [4.78, 5) is 21.1. The number of fused-ring (bicyclic) bond motifs is 3. The Balaban J connectivity index is 1.24. The molecule has 4 aromatic rings. The highest BCUT2D eigenvalue weighted by molar-refractivity contribution is 7.23. The molecule has 1 atom stereocenters. The minimum absolute atomic E-state index is 0.0711. The summed E-state index contributed by atoms with van der Waals surface area (Å²) in [7, 11) is 0. The molecule has 2 aliphatic heterocycles. The maximum absolute atomic E-state index is 15.2. The van der Waals surface area contributed by atoms with E-state index in [1.807, 2.05) is 48.7 Å². The highest BCUT2D eigenvalue weighted by atomic mass is 32.1. The number of imidazole rings is 1. The predicted octanol–water partition coefficient (Wildman–Crippen LogP) is 6.17. The number of thiazole rings is 1. The fourth-order valence-corrected chi connectivity index (χ4v) is 6.98. The van der Waals surface area contributed by atoms with Crippen LogP contribution in [0.2, 0.25) is 0 Å². The second kappa shape index (κ2) is 11.8. The lowest BCUT2D eigenvalue weighted by Gasteiger charge is -2.26. The standard InChI is InChI=1S/C31H38FN5O2S/c1-20(2)39-27-17-22(30(38)34-12-7-15-36-13-4-3-5-14-36)18-28-29(27)37-19-26(35-31(37)40-28)23-10-9-21(16-24(23)32)25-8-6-11-33-25/h9-10,16-20,25,33H,3-8,11-15H2,1-2H3,(H,34,38)/t25-/m1/s1. The summed E-state index contributed by atoms with van der Waals surface area (Å²) in [5.41, 5.74) is 3.48. The third kappa shape index (κ3) is 5.73. The van der Waals surface area contributed by atoms with Crippen LogP contribution in [0.15, 0.2) is 36.5 Å². The van der Waals surface area contributed by atoms with Gasteiger partial charge in [-0.2, -0.15) is 0 Å². The number of nitrogens with zero attached hydrogens (tertiary/aromatic N) is 3. The molecule has 6 rings (SSSR count). The van der Waals surface area contributed by atoms with Crippen molar-refractivity contribution in [3.05, 3.63) is 53.5 Å². The van der Waals surface area contributed by atoms with E-state index in [1.54, 1.807) is 6.07 Å². The smallest absolute Gasteiger partial charge is 0.251 e. The Morgan fingerprint density at radius 3 is 2.80 bits per heavy atom. The van der Waals surface area contributed by atoms with Gasteiger partial charge >= 0.3 is 0 Å². The van der Waals surface area contributed by atoms with E-state index in [0.717, 1.165) is 53.1 Å². The molecule has 2 aromatic carbocycles. The van der Waals surface area contributed by atoms with Crippen molar-refractivity contribution in [2.45, 2.75) is 64.5 Å². The number of benzene rings is 2. The molecule has 2 aliphatic rings. The minimum atomic E-state index is -0.265. The van der Waals surface area contributed by atoms with Gasteiger partial charge in [-0.15, -0.1) is 0 Å². The number of hydrogen-bond donors (Lipinski definition) is 2. The Labute approximate surface area is 238 Å². The third-order valence-electron chi connectivity index (χ3n) is 7.90. The molecule has 1 amide bonds. The first-order chi connectivity index (χ1) is 19.5. The number of carbonyl (C=O) groups is 1. The number of ether oxygens (including phenoxy) is 1. The Bertz CT molecular complexity index is 1500. The maximum Gasteiger partial charge on any atom is 0.251 e. The van der Waals surface area contributed by atoms with Crippen molar-refractivity contribution in [2.24, 2.45) is 0 Å². The van der Waals surface area contributed by atoms with E-state index in [9.17, 15) is 4.79 Å². The Morgan fingerprint density at radius 1 is 1.20 bits per heavy atom. The SMILES string of the molecule is CC(C)Oc1cc(C(=O)NCCCN2CCCCC2)cc2sc3nc(-c4ccc([C@H]5CCCN5)cc4F)cn3c12. The average Bonchev–Trinajstić information content (AvgIpc) is 3.68. The van der Waals surface area contributed by atoms with Gasteiger partial charge in [0, 0.05) is 29.9 Å². The van der Waals surface area contributed by atoms with E-state index < -0.39 is 0 Å². The molecule has 2 saturated heterocycles. The van der Waals surface area contributed by atoms with Crippen molar-refractivity contribution in [3.8, 4) is 17.0 Å². The Kier molecular flexibility index (Phi) is 8.05. The summed E-state index contributed by atoms with van der Waals surface area (Å²) >= 11 is 1.48. The zero-order chi connectivity index (χ0) is 27.6. The van der Waals surface area contributed by atoms with Crippen LogP contribution in [0, 0.1) is 5.82 Å². The molecule has 0 unspecified atom stereocenters. The van der Waals surface area contributed by atoms with Gasteiger partial charge in [0.05, 0.1) is 16.5 Å². The zero-order valence-corrected chi connectivity index (χ0v) is 24.2. The van der Waals surface area contributed by atoms with Gasteiger partial charge in [-0.1, -0.05) is 23.8 Å². The number of aromatic nitrogens is 2. The topological polar surface area (TPSA) is 70.9 Å². The fourth-order valence-electron chi connectivity index (χ4n) is 5.91. The first kappa shape index (κ1) is 27.2. The van der Waals surface area contributed by atoms with E-state index in [-0.39, 0.29) is 23.9 Å². The number of carbonyl (C=O) groups excluding carboxylic acids is 1. The molecule has 9 heteroatoms. The minimum Gasteiger partial charge on any atom is -0.489 e. The lowest BCUT2D eigenvalue weighted by atomic mass is 10.0. The largest absolute Gasteiger partial charge is 0.489 e. The van der Waals surface area contributed by atoms with Gasteiger partial charge < -0.3 is 20.3 Å². The summed E-state index contributed by atoms with van der Waals surface area (Å²) in [6.45, 7) is 8.91. The summed E-state index contributed by atoms with van der Waals surface area (Å²) in [6.07, 6.45) is 8.75. The lowest BCUT2D eigenvalue weighted by Crippen LogP contribution is -2.33. The van der Waals surface area contributed by atoms with E-state index in [0.29, 0.717) is 29.1 Å². The van der Waals surface area contributed by atoms with Gasteiger partial charge in [0.1, 0.15) is 17.1 Å². The number of nitrogens with one attached hydrogen (secondary N) is 2. The van der Waals surface area contributed by atoms with Gasteiger partial charge in [-0.3, -0.25) is 9.20 Å². The molecule has 212 valence electrons. The lowest BCUT2D eigenvalue weighted by molar-refractivity contribution is 0.0950. The number of likely N-dealkylation sites (tertiary alicyclic amines) is 1. The van der Waals surface area contributed by atoms with Gasteiger partial charge in [0.2, 0.25) is 0 Å². The van der Waals surface area contributed by atoms with Crippen LogP contribution in [0.1, 0.15) is 74.3 Å². The highest BCUT2D eigenvalue weighted by Crippen LogP contribution is 2.37. The molecule has 2 fully saturated rings. The molecular formula is C31H38FN5O2S. The molecule has 2 N–H and O–H groups in total. The first-order valence-electron chi connectivity index (χ1n) is 14.6. The summed E-state index contributed by atoms with van der Waals surface area (Å²) in [5.74, 6) is 0.267. The molecule has 0 bridgehead atoms. The molecule has 0 aliphatic carbocycles. The molecule has 0 saturated carbocycles. The summed E-state index contributed by atoms with van der Waals surface area (Å²) < 4.78 is 24.3. The van der Waals surface area contributed by atoms with Crippen molar-refractivity contribution in [3.63, 3.8) is 0 Å². The molecule has 0 radical (unpaired) electrons. The summed E-state index contributed by atoms with van der Waals surface area (Å²) in [5, 5.41) is 6.52. The van der Waals surface area contributed by atoms with Crippen LogP contribution in [0.25, 0.3) is 26.4 Å². The molecule has 40 heavy (non-hydrogen) atoms. The van der Waals surface area contributed by atoms with Crippen molar-refractivity contribution in [2.75, 3.05) is 32.7 Å². The Hall–Kier alpha value is -3.01. The molecule has 2 aromatic heterocycles. The van der Waals surface area contributed by atoms with Crippen molar-refractivity contribution in [1.82, 2.24) is 24.9 Å². The van der Waals surface area contributed by atoms with Crippen LogP contribution in [0.5, 0.6) is 5.75 Å². The molecule has 0 spiro atoms. The van der Waals surface area contributed by atoms with Gasteiger partial charge in [0.25, 0.3) is 5.91 Å². The monoisotopic (exact) mass is 563 g/mol. The van der Waals surface area contributed by atoms with Crippen LogP contribution in [0.4, 0.5) is 4.39 Å². The van der Waals surface area contributed by atoms with Gasteiger partial charge in [-0.25, -0.2) is 9.37 Å². The van der Waals surface area contributed by atoms with Crippen LogP contribution >= 0.6 is 11.3 Å². The van der Waals surface area contributed by atoms with E-state index in [2.05, 4.69) is 15.5 Å². The molecule has 7 nitrogen and oxygen atoms in total. The first-order valence-corrected chi connectivity index (χ1v) is 15.4. The summed E-state index contributed by atoms with van der Waals surface area (Å²) in [6, 6.07) is 9.41.